The van der Waals surface area contributed by atoms with Crippen LogP contribution in [0.3, 0.4) is 0 Å². The van der Waals surface area contributed by atoms with Gasteiger partial charge in [-0.05, 0) is 41.1 Å². The summed E-state index contributed by atoms with van der Waals surface area (Å²) < 4.78 is 43.6. The van der Waals surface area contributed by atoms with Crippen LogP contribution >= 0.6 is 11.8 Å². The zero-order valence-electron chi connectivity index (χ0n) is 10.8. The average Bonchev–Trinajstić information content (AvgIpc) is 2.44. The van der Waals surface area contributed by atoms with E-state index in [1.54, 1.807) is 23.9 Å². The Morgan fingerprint density at radius 1 is 1.00 bits per heavy atom. The van der Waals surface area contributed by atoms with Crippen LogP contribution in [0.2, 0.25) is 0 Å². The van der Waals surface area contributed by atoms with Crippen molar-refractivity contribution in [2.75, 3.05) is 12.6 Å². The molecule has 0 heterocycles. The van der Waals surface area contributed by atoms with Gasteiger partial charge in [0.2, 0.25) is 6.86 Å². The minimum Gasteiger partial charge on any atom is -0.457 e. The first-order valence-corrected chi connectivity index (χ1v) is 7.05. The number of rotatable bonds is 5. The molecule has 0 saturated carbocycles. The molecule has 0 radical (unpaired) electrons. The lowest BCUT2D eigenvalue weighted by molar-refractivity contribution is 0.176. The first-order valence-electron chi connectivity index (χ1n) is 6.06. The number of ether oxygens (including phenoxy) is 1. The van der Waals surface area contributed by atoms with E-state index in [0.717, 1.165) is 22.8 Å². The van der Waals surface area contributed by atoms with E-state index < -0.39 is 24.2 Å². The van der Waals surface area contributed by atoms with Crippen molar-refractivity contribution in [1.29, 1.82) is 0 Å². The number of hydrogen-bond acceptors (Lipinski definition) is 2. The fourth-order valence-corrected chi connectivity index (χ4v) is 2.49. The van der Waals surface area contributed by atoms with Gasteiger partial charge in [-0.1, -0.05) is 19.1 Å². The van der Waals surface area contributed by atoms with E-state index in [4.69, 9.17) is 0 Å². The summed E-state index contributed by atoms with van der Waals surface area (Å²) in [5, 5.41) is 0. The van der Waals surface area contributed by atoms with E-state index in [1.165, 1.54) is 0 Å². The fourth-order valence-electron chi connectivity index (χ4n) is 1.83. The standard InChI is InChI=1S/C15H13F3OS/c1-2-20-12-5-3-10(4-6-12)11-7-13(17)15(19-9-16)14(18)8-11/h3-8H,2,9H2,1H3. The number of thioether (sulfide) groups is 1. The molecular formula is C15H13F3OS. The second-order valence-electron chi connectivity index (χ2n) is 3.98. The lowest BCUT2D eigenvalue weighted by Crippen LogP contribution is -1.97. The minimum absolute atomic E-state index is 0.388. The molecule has 0 spiro atoms. The summed E-state index contributed by atoms with van der Waals surface area (Å²) in [4.78, 5) is 1.09. The van der Waals surface area contributed by atoms with Gasteiger partial charge in [-0.2, -0.15) is 0 Å². The van der Waals surface area contributed by atoms with Crippen LogP contribution in [0.25, 0.3) is 11.1 Å². The SMILES string of the molecule is CCSc1ccc(-c2cc(F)c(OCF)c(F)c2)cc1. The number of alkyl halides is 1. The van der Waals surface area contributed by atoms with Gasteiger partial charge < -0.3 is 4.74 Å². The van der Waals surface area contributed by atoms with Gasteiger partial charge in [0.25, 0.3) is 0 Å². The molecule has 0 bridgehead atoms. The third-order valence-electron chi connectivity index (χ3n) is 2.70. The van der Waals surface area contributed by atoms with Crippen LogP contribution in [0, 0.1) is 11.6 Å². The van der Waals surface area contributed by atoms with Crippen LogP contribution in [-0.2, 0) is 0 Å². The zero-order valence-corrected chi connectivity index (χ0v) is 11.6. The Balaban J connectivity index is 2.33. The Labute approximate surface area is 119 Å². The molecule has 106 valence electrons. The molecule has 5 heteroatoms. The van der Waals surface area contributed by atoms with Gasteiger partial charge in [0.1, 0.15) is 0 Å². The van der Waals surface area contributed by atoms with E-state index in [2.05, 4.69) is 4.74 Å². The maximum absolute atomic E-state index is 13.6. The Morgan fingerprint density at radius 3 is 2.10 bits per heavy atom. The van der Waals surface area contributed by atoms with Crippen LogP contribution in [-0.4, -0.2) is 12.6 Å². The maximum atomic E-state index is 13.6. The van der Waals surface area contributed by atoms with Crippen molar-refractivity contribution >= 4 is 11.8 Å². The molecule has 2 aromatic rings. The Morgan fingerprint density at radius 2 is 1.60 bits per heavy atom. The second-order valence-corrected chi connectivity index (χ2v) is 5.32. The van der Waals surface area contributed by atoms with E-state index in [-0.39, 0.29) is 0 Å². The van der Waals surface area contributed by atoms with Gasteiger partial charge in [0.05, 0.1) is 0 Å². The van der Waals surface area contributed by atoms with Gasteiger partial charge in [-0.3, -0.25) is 0 Å². The molecule has 1 nitrogen and oxygen atoms in total. The van der Waals surface area contributed by atoms with Crippen molar-refractivity contribution in [1.82, 2.24) is 0 Å². The summed E-state index contributed by atoms with van der Waals surface area (Å²) >= 11 is 1.68. The molecule has 0 aliphatic carbocycles. The highest BCUT2D eigenvalue weighted by Gasteiger charge is 2.13. The number of halogens is 3. The van der Waals surface area contributed by atoms with Crippen molar-refractivity contribution in [3.63, 3.8) is 0 Å². The molecule has 0 amide bonds. The second kappa shape index (κ2) is 6.70. The first-order chi connectivity index (χ1) is 9.65. The summed E-state index contributed by atoms with van der Waals surface area (Å²) in [5.74, 6) is -1.55. The molecular weight excluding hydrogens is 285 g/mol. The Kier molecular flexibility index (Phi) is 4.95. The Bertz CT molecular complexity index is 561. The van der Waals surface area contributed by atoms with Crippen molar-refractivity contribution in [2.45, 2.75) is 11.8 Å². The molecule has 0 saturated heterocycles. The van der Waals surface area contributed by atoms with Crippen LogP contribution < -0.4 is 4.74 Å². The highest BCUT2D eigenvalue weighted by molar-refractivity contribution is 7.99. The Hall–Kier alpha value is -1.62. The van der Waals surface area contributed by atoms with Crippen molar-refractivity contribution < 1.29 is 17.9 Å². The normalized spacial score (nSPS) is 10.6. The molecule has 0 unspecified atom stereocenters. The summed E-state index contributed by atoms with van der Waals surface area (Å²) in [6.07, 6.45) is 0. The molecule has 0 fully saturated rings. The lowest BCUT2D eigenvalue weighted by Gasteiger charge is -2.08. The van der Waals surface area contributed by atoms with Gasteiger partial charge in [0.15, 0.2) is 17.4 Å². The zero-order chi connectivity index (χ0) is 14.5. The van der Waals surface area contributed by atoms with Gasteiger partial charge in [-0.25, -0.2) is 13.2 Å². The number of hydrogen-bond donors (Lipinski definition) is 0. The predicted molar refractivity (Wildman–Crippen MR) is 74.8 cm³/mol. The highest BCUT2D eigenvalue weighted by Crippen LogP contribution is 2.30. The van der Waals surface area contributed by atoms with E-state index >= 15 is 0 Å². The predicted octanol–water partition coefficient (Wildman–Crippen LogP) is 5.05. The molecule has 0 atom stereocenters. The van der Waals surface area contributed by atoms with Crippen LogP contribution in [0.1, 0.15) is 6.92 Å². The third-order valence-corrected chi connectivity index (χ3v) is 3.59. The molecule has 0 aliphatic heterocycles. The lowest BCUT2D eigenvalue weighted by atomic mass is 10.1. The van der Waals surface area contributed by atoms with Crippen molar-refractivity contribution in [2.24, 2.45) is 0 Å². The first kappa shape index (κ1) is 14.8. The minimum atomic E-state index is -1.27. The van der Waals surface area contributed by atoms with Crippen molar-refractivity contribution in [3.05, 3.63) is 48.0 Å². The fraction of sp³-hybridized carbons (Fsp3) is 0.200. The molecule has 0 aliphatic rings. The van der Waals surface area contributed by atoms with Crippen molar-refractivity contribution in [3.8, 4) is 16.9 Å². The van der Waals surface area contributed by atoms with Crippen LogP contribution in [0.5, 0.6) is 5.75 Å². The summed E-state index contributed by atoms with van der Waals surface area (Å²) in [5.41, 5.74) is 1.08. The average molecular weight is 298 g/mol. The molecule has 0 N–H and O–H groups in total. The molecule has 2 rings (SSSR count). The van der Waals surface area contributed by atoms with Crippen LogP contribution in [0.15, 0.2) is 41.3 Å². The van der Waals surface area contributed by atoms with E-state index in [9.17, 15) is 13.2 Å². The molecule has 20 heavy (non-hydrogen) atoms. The monoisotopic (exact) mass is 298 g/mol. The van der Waals surface area contributed by atoms with Gasteiger partial charge in [0, 0.05) is 4.90 Å². The highest BCUT2D eigenvalue weighted by atomic mass is 32.2. The number of benzene rings is 2. The summed E-state index contributed by atoms with van der Waals surface area (Å²) in [7, 11) is 0. The smallest absolute Gasteiger partial charge is 0.228 e. The quantitative estimate of drug-likeness (QED) is 0.714. The maximum Gasteiger partial charge on any atom is 0.228 e. The van der Waals surface area contributed by atoms with E-state index in [0.29, 0.717) is 11.1 Å². The largest absolute Gasteiger partial charge is 0.457 e. The topological polar surface area (TPSA) is 9.23 Å². The van der Waals surface area contributed by atoms with Gasteiger partial charge in [-0.15, -0.1) is 11.8 Å². The summed E-state index contributed by atoms with van der Waals surface area (Å²) in [6.45, 7) is 0.781. The van der Waals surface area contributed by atoms with Gasteiger partial charge >= 0.3 is 0 Å². The molecule has 0 aromatic heterocycles. The third kappa shape index (κ3) is 3.28. The van der Waals surface area contributed by atoms with E-state index in [1.807, 2.05) is 19.1 Å². The molecule has 2 aromatic carbocycles. The summed E-state index contributed by atoms with van der Waals surface area (Å²) in [6, 6.07) is 9.65. The van der Waals surface area contributed by atoms with Crippen LogP contribution in [0.4, 0.5) is 13.2 Å².